The van der Waals surface area contributed by atoms with Gasteiger partial charge in [0.1, 0.15) is 11.2 Å². The highest BCUT2D eigenvalue weighted by atomic mass is 16.6. The van der Waals surface area contributed by atoms with Crippen molar-refractivity contribution >= 4 is 12.2 Å². The highest BCUT2D eigenvalue weighted by molar-refractivity contribution is 5.70. The van der Waals surface area contributed by atoms with E-state index in [4.69, 9.17) is 9.47 Å². The maximum absolute atomic E-state index is 12.1. The quantitative estimate of drug-likeness (QED) is 0.800. The van der Waals surface area contributed by atoms with Gasteiger partial charge >= 0.3 is 12.2 Å². The molecule has 3 aliphatic carbocycles. The first-order valence-corrected chi connectivity index (χ1v) is 8.85. The molecule has 0 spiro atoms. The molecule has 24 heavy (non-hydrogen) atoms. The molecule has 3 saturated carbocycles. The number of amides is 2. The highest BCUT2D eigenvalue weighted by Gasteiger charge is 2.50. The zero-order chi connectivity index (χ0) is 18.2. The van der Waals surface area contributed by atoms with Crippen LogP contribution in [-0.2, 0) is 9.47 Å². The molecule has 138 valence electrons. The monoisotopic (exact) mass is 340 g/mol. The molecule has 0 heterocycles. The minimum Gasteiger partial charge on any atom is -0.444 e. The first-order valence-electron chi connectivity index (χ1n) is 8.85. The predicted octanol–water partition coefficient (Wildman–Crippen LogP) is 3.88. The Hall–Kier alpha value is -1.46. The fourth-order valence-corrected chi connectivity index (χ4v) is 3.60. The predicted molar refractivity (Wildman–Crippen MR) is 91.9 cm³/mol. The summed E-state index contributed by atoms with van der Waals surface area (Å²) >= 11 is 0. The topological polar surface area (TPSA) is 76.7 Å². The number of hydrogen-bond donors (Lipinski definition) is 2. The van der Waals surface area contributed by atoms with Gasteiger partial charge < -0.3 is 20.1 Å². The van der Waals surface area contributed by atoms with Crippen molar-refractivity contribution < 1.29 is 19.1 Å². The van der Waals surface area contributed by atoms with Crippen LogP contribution in [0.4, 0.5) is 9.59 Å². The van der Waals surface area contributed by atoms with E-state index in [0.717, 1.165) is 38.5 Å². The summed E-state index contributed by atoms with van der Waals surface area (Å²) in [4.78, 5) is 24.2. The smallest absolute Gasteiger partial charge is 0.408 e. The van der Waals surface area contributed by atoms with E-state index in [1.54, 1.807) is 0 Å². The molecule has 0 saturated heterocycles. The van der Waals surface area contributed by atoms with Crippen molar-refractivity contribution in [2.75, 3.05) is 0 Å². The molecule has 0 aromatic heterocycles. The van der Waals surface area contributed by atoms with Crippen LogP contribution >= 0.6 is 0 Å². The summed E-state index contributed by atoms with van der Waals surface area (Å²) in [7, 11) is 0. The van der Waals surface area contributed by atoms with Crippen LogP contribution in [0.1, 0.15) is 80.1 Å². The first-order chi connectivity index (χ1) is 10.8. The lowest BCUT2D eigenvalue weighted by Crippen LogP contribution is -2.64. The van der Waals surface area contributed by atoms with E-state index in [2.05, 4.69) is 10.6 Å². The molecule has 2 amide bonds. The molecule has 6 nitrogen and oxygen atoms in total. The van der Waals surface area contributed by atoms with Gasteiger partial charge in [-0.2, -0.15) is 0 Å². The van der Waals surface area contributed by atoms with Crippen molar-refractivity contribution in [3.63, 3.8) is 0 Å². The van der Waals surface area contributed by atoms with Gasteiger partial charge in [0.2, 0.25) is 0 Å². The molecule has 3 rings (SSSR count). The molecule has 2 bridgehead atoms. The third-order valence-electron chi connectivity index (χ3n) is 4.78. The van der Waals surface area contributed by atoms with Crippen LogP contribution in [0.5, 0.6) is 0 Å². The van der Waals surface area contributed by atoms with Crippen LogP contribution in [0.3, 0.4) is 0 Å². The van der Waals surface area contributed by atoms with Gasteiger partial charge in [0.05, 0.1) is 0 Å². The summed E-state index contributed by atoms with van der Waals surface area (Å²) in [6, 6.07) is 0. The van der Waals surface area contributed by atoms with Crippen molar-refractivity contribution in [3.8, 4) is 0 Å². The van der Waals surface area contributed by atoms with Gasteiger partial charge in [-0.3, -0.25) is 0 Å². The Morgan fingerprint density at radius 2 is 0.917 bits per heavy atom. The van der Waals surface area contributed by atoms with Gasteiger partial charge in [-0.1, -0.05) is 0 Å². The van der Waals surface area contributed by atoms with Crippen LogP contribution < -0.4 is 10.6 Å². The summed E-state index contributed by atoms with van der Waals surface area (Å²) in [6.07, 6.45) is 4.40. The molecule has 0 aromatic rings. The number of carbonyl (C=O) groups is 2. The Balaban J connectivity index is 1.90. The number of fused-ring (bicyclic) bond motifs is 3. The second-order valence-electron chi connectivity index (χ2n) is 9.31. The van der Waals surface area contributed by atoms with Crippen molar-refractivity contribution in [1.29, 1.82) is 0 Å². The summed E-state index contributed by atoms with van der Waals surface area (Å²) in [5.41, 5.74) is -1.38. The van der Waals surface area contributed by atoms with Crippen molar-refractivity contribution in [2.24, 2.45) is 0 Å². The van der Waals surface area contributed by atoms with Gasteiger partial charge in [-0.15, -0.1) is 0 Å². The normalized spacial score (nSPS) is 29.8. The van der Waals surface area contributed by atoms with Gasteiger partial charge in [0, 0.05) is 11.1 Å². The van der Waals surface area contributed by atoms with E-state index < -0.39 is 11.2 Å². The SMILES string of the molecule is CC(C)(C)OC(=O)NC12CCC(NC(=O)OC(C)(C)C)(CC1)CC2. The van der Waals surface area contributed by atoms with E-state index in [1.807, 2.05) is 41.5 Å². The summed E-state index contributed by atoms with van der Waals surface area (Å²) < 4.78 is 10.8. The lowest BCUT2D eigenvalue weighted by atomic mass is 9.61. The molecule has 2 N–H and O–H groups in total. The van der Waals surface area contributed by atoms with E-state index in [1.165, 1.54) is 0 Å². The largest absolute Gasteiger partial charge is 0.444 e. The van der Waals surface area contributed by atoms with Crippen LogP contribution in [-0.4, -0.2) is 34.5 Å². The molecule has 0 radical (unpaired) electrons. The Morgan fingerprint density at radius 3 is 1.12 bits per heavy atom. The maximum Gasteiger partial charge on any atom is 0.408 e. The van der Waals surface area contributed by atoms with Crippen LogP contribution in [0.15, 0.2) is 0 Å². The Labute approximate surface area is 145 Å². The molecule has 0 aromatic carbocycles. The van der Waals surface area contributed by atoms with Gasteiger partial charge in [-0.05, 0) is 80.1 Å². The summed E-state index contributed by atoms with van der Waals surface area (Å²) in [5.74, 6) is 0. The average Bonchev–Trinajstić information content (AvgIpc) is 2.36. The number of alkyl carbamates (subject to hydrolysis) is 2. The Kier molecular flexibility index (Phi) is 4.81. The Morgan fingerprint density at radius 1 is 0.667 bits per heavy atom. The molecule has 6 heteroatoms. The van der Waals surface area contributed by atoms with Gasteiger partial charge in [0.15, 0.2) is 0 Å². The minimum atomic E-state index is -0.494. The van der Waals surface area contributed by atoms with Crippen LogP contribution in [0, 0.1) is 0 Å². The number of hydrogen-bond acceptors (Lipinski definition) is 4. The molecule has 0 atom stereocenters. The van der Waals surface area contributed by atoms with Crippen molar-refractivity contribution in [1.82, 2.24) is 10.6 Å². The summed E-state index contributed by atoms with van der Waals surface area (Å²) in [5, 5.41) is 6.16. The lowest BCUT2D eigenvalue weighted by Gasteiger charge is -2.53. The van der Waals surface area contributed by atoms with Gasteiger partial charge in [-0.25, -0.2) is 9.59 Å². The lowest BCUT2D eigenvalue weighted by molar-refractivity contribution is 0.00909. The van der Waals surface area contributed by atoms with Crippen molar-refractivity contribution in [3.05, 3.63) is 0 Å². The minimum absolute atomic E-state index is 0.195. The molecule has 0 unspecified atom stereocenters. The van der Waals surface area contributed by atoms with E-state index in [-0.39, 0.29) is 23.3 Å². The third-order valence-corrected chi connectivity index (χ3v) is 4.78. The zero-order valence-electron chi connectivity index (χ0n) is 15.9. The average molecular weight is 340 g/mol. The molecule has 0 aliphatic heterocycles. The fraction of sp³-hybridized carbons (Fsp3) is 0.889. The summed E-state index contributed by atoms with van der Waals surface area (Å²) in [6.45, 7) is 11.2. The Bertz CT molecular complexity index is 432. The molecular weight excluding hydrogens is 308 g/mol. The standard InChI is InChI=1S/C18H32N2O4/c1-15(2,3)23-13(21)19-17-7-10-18(11-8-17,12-9-17)20-14(22)24-16(4,5)6/h7-12H2,1-6H3,(H,19,21)(H,20,22). The van der Waals surface area contributed by atoms with Crippen LogP contribution in [0.25, 0.3) is 0 Å². The zero-order valence-corrected chi connectivity index (χ0v) is 15.9. The second kappa shape index (κ2) is 6.12. The highest BCUT2D eigenvalue weighted by Crippen LogP contribution is 2.47. The number of carbonyl (C=O) groups excluding carboxylic acids is 2. The third kappa shape index (κ3) is 5.02. The van der Waals surface area contributed by atoms with Gasteiger partial charge in [0.25, 0.3) is 0 Å². The number of rotatable bonds is 2. The van der Waals surface area contributed by atoms with Crippen LogP contribution in [0.2, 0.25) is 0 Å². The first kappa shape index (κ1) is 18.9. The number of nitrogens with one attached hydrogen (secondary N) is 2. The van der Waals surface area contributed by atoms with E-state index in [9.17, 15) is 9.59 Å². The maximum atomic E-state index is 12.1. The van der Waals surface area contributed by atoms with E-state index in [0.29, 0.717) is 0 Å². The fourth-order valence-electron chi connectivity index (χ4n) is 3.60. The number of ether oxygens (including phenoxy) is 2. The van der Waals surface area contributed by atoms with E-state index >= 15 is 0 Å². The molecular formula is C18H32N2O4. The second-order valence-corrected chi connectivity index (χ2v) is 9.31. The molecule has 3 fully saturated rings. The van der Waals surface area contributed by atoms with Crippen molar-refractivity contribution in [2.45, 2.75) is 102 Å². The molecule has 3 aliphatic rings.